The van der Waals surface area contributed by atoms with E-state index in [-0.39, 0.29) is 11.7 Å². The molecule has 0 aromatic heterocycles. The Hall–Kier alpha value is -1.36. The molecule has 1 unspecified atom stereocenters. The number of nitrogens with one attached hydrogen (secondary N) is 1. The van der Waals surface area contributed by atoms with E-state index in [1.54, 1.807) is 6.92 Å². The maximum atomic E-state index is 12.5. The average molecular weight is 273 g/mol. The van der Waals surface area contributed by atoms with Gasteiger partial charge in [0.25, 0.3) is 0 Å². The second-order valence-corrected chi connectivity index (χ2v) is 4.60. The number of rotatable bonds is 5. The van der Waals surface area contributed by atoms with Crippen LogP contribution in [0.1, 0.15) is 35.3 Å². The highest BCUT2D eigenvalue weighted by molar-refractivity contribution is 5.99. The molecule has 1 rings (SSSR count). The lowest BCUT2D eigenvalue weighted by atomic mass is 9.94. The molecule has 0 aliphatic carbocycles. The molecule has 0 amide bonds. The summed E-state index contributed by atoms with van der Waals surface area (Å²) in [4.78, 5) is 12.1. The number of aryl methyl sites for hydroxylation is 1. The van der Waals surface area contributed by atoms with E-state index >= 15 is 0 Å². The van der Waals surface area contributed by atoms with Crippen LogP contribution in [0.4, 0.5) is 13.2 Å². The molecule has 106 valence electrons. The summed E-state index contributed by atoms with van der Waals surface area (Å²) in [5.74, 6) is -0.387. The minimum Gasteiger partial charge on any atom is -0.316 e. The molecule has 1 atom stereocenters. The number of hydrogen-bond donors (Lipinski definition) is 1. The van der Waals surface area contributed by atoms with Crippen LogP contribution in [-0.2, 0) is 6.18 Å². The molecule has 0 heterocycles. The smallest absolute Gasteiger partial charge is 0.316 e. The monoisotopic (exact) mass is 273 g/mol. The van der Waals surface area contributed by atoms with Gasteiger partial charge in [0.2, 0.25) is 0 Å². The second kappa shape index (κ2) is 6.19. The summed E-state index contributed by atoms with van der Waals surface area (Å²) >= 11 is 0. The molecular formula is C14H18F3NO. The Labute approximate surface area is 111 Å². The van der Waals surface area contributed by atoms with E-state index in [0.29, 0.717) is 17.7 Å². The summed E-state index contributed by atoms with van der Waals surface area (Å²) in [5, 5.41) is 3.05. The van der Waals surface area contributed by atoms with Gasteiger partial charge in [0.1, 0.15) is 0 Å². The molecule has 5 heteroatoms. The van der Waals surface area contributed by atoms with Crippen molar-refractivity contribution >= 4 is 5.78 Å². The predicted octanol–water partition coefficient (Wildman–Crippen LogP) is 3.44. The maximum absolute atomic E-state index is 12.5. The van der Waals surface area contributed by atoms with Crippen LogP contribution in [0.25, 0.3) is 0 Å². The summed E-state index contributed by atoms with van der Waals surface area (Å²) < 4.78 is 37.6. The Morgan fingerprint density at radius 2 is 2.00 bits per heavy atom. The van der Waals surface area contributed by atoms with Crippen LogP contribution in [0.2, 0.25) is 0 Å². The summed E-state index contributed by atoms with van der Waals surface area (Å²) in [5.41, 5.74) is 0.00228. The third-order valence-electron chi connectivity index (χ3n) is 2.97. The Kier molecular flexibility index (Phi) is 5.11. The van der Waals surface area contributed by atoms with Crippen LogP contribution in [0, 0.1) is 12.8 Å². The molecule has 1 aromatic carbocycles. The van der Waals surface area contributed by atoms with Crippen molar-refractivity contribution in [3.63, 3.8) is 0 Å². The van der Waals surface area contributed by atoms with Gasteiger partial charge >= 0.3 is 6.18 Å². The van der Waals surface area contributed by atoms with E-state index in [1.165, 1.54) is 13.0 Å². The van der Waals surface area contributed by atoms with Gasteiger partial charge in [-0.05, 0) is 31.2 Å². The fraction of sp³-hybridized carbons (Fsp3) is 0.500. The van der Waals surface area contributed by atoms with Gasteiger partial charge in [-0.15, -0.1) is 0 Å². The highest BCUT2D eigenvalue weighted by Crippen LogP contribution is 2.30. The first kappa shape index (κ1) is 15.7. The largest absolute Gasteiger partial charge is 0.416 e. The van der Waals surface area contributed by atoms with Gasteiger partial charge in [0, 0.05) is 18.0 Å². The van der Waals surface area contributed by atoms with E-state index in [0.717, 1.165) is 18.7 Å². The molecule has 19 heavy (non-hydrogen) atoms. The molecule has 2 nitrogen and oxygen atoms in total. The van der Waals surface area contributed by atoms with Crippen molar-refractivity contribution in [1.29, 1.82) is 0 Å². The second-order valence-electron chi connectivity index (χ2n) is 4.60. The zero-order chi connectivity index (χ0) is 14.6. The highest BCUT2D eigenvalue weighted by atomic mass is 19.4. The number of carbonyl (C=O) groups is 1. The standard InChI is InChI=1S/C14H18F3NO/c1-4-18-8-10(3)13(19)12-6-5-11(7-9(12)2)14(15,16)17/h5-7,10,18H,4,8H2,1-3H3. The van der Waals surface area contributed by atoms with Crippen LogP contribution in [-0.4, -0.2) is 18.9 Å². The van der Waals surface area contributed by atoms with E-state index in [2.05, 4.69) is 5.32 Å². The number of ketones is 1. The SMILES string of the molecule is CCNCC(C)C(=O)c1ccc(C(F)(F)F)cc1C. The molecule has 0 saturated carbocycles. The lowest BCUT2D eigenvalue weighted by molar-refractivity contribution is -0.137. The van der Waals surface area contributed by atoms with E-state index in [1.807, 2.05) is 6.92 Å². The van der Waals surface area contributed by atoms with Crippen molar-refractivity contribution in [3.8, 4) is 0 Å². The van der Waals surface area contributed by atoms with Gasteiger partial charge in [0.05, 0.1) is 5.56 Å². The zero-order valence-corrected chi connectivity index (χ0v) is 11.3. The molecule has 0 aliphatic heterocycles. The normalized spacial score (nSPS) is 13.4. The fourth-order valence-corrected chi connectivity index (χ4v) is 1.84. The van der Waals surface area contributed by atoms with E-state index in [9.17, 15) is 18.0 Å². The molecule has 1 aromatic rings. The number of alkyl halides is 3. The van der Waals surface area contributed by atoms with Crippen LogP contribution in [0.5, 0.6) is 0 Å². The molecular weight excluding hydrogens is 255 g/mol. The fourth-order valence-electron chi connectivity index (χ4n) is 1.84. The molecule has 0 radical (unpaired) electrons. The van der Waals surface area contributed by atoms with Crippen molar-refractivity contribution in [2.24, 2.45) is 5.92 Å². The molecule has 0 aliphatic rings. The lowest BCUT2D eigenvalue weighted by Crippen LogP contribution is -2.26. The number of benzene rings is 1. The van der Waals surface area contributed by atoms with Crippen molar-refractivity contribution < 1.29 is 18.0 Å². The van der Waals surface area contributed by atoms with Gasteiger partial charge in [-0.1, -0.05) is 19.9 Å². The van der Waals surface area contributed by atoms with Crippen molar-refractivity contribution in [3.05, 3.63) is 34.9 Å². The average Bonchev–Trinajstić information content (AvgIpc) is 2.33. The van der Waals surface area contributed by atoms with Crippen LogP contribution in [0.3, 0.4) is 0 Å². The Bertz CT molecular complexity index is 454. The first-order chi connectivity index (χ1) is 8.77. The zero-order valence-electron chi connectivity index (χ0n) is 11.3. The molecule has 0 spiro atoms. The molecule has 0 bridgehead atoms. The number of Topliss-reactive ketones (excluding diaryl/α,β-unsaturated/α-hetero) is 1. The Morgan fingerprint density at radius 1 is 1.37 bits per heavy atom. The predicted molar refractivity (Wildman–Crippen MR) is 68.2 cm³/mol. The van der Waals surface area contributed by atoms with Crippen LogP contribution in [0.15, 0.2) is 18.2 Å². The minimum absolute atomic E-state index is 0.132. The van der Waals surface area contributed by atoms with E-state index < -0.39 is 11.7 Å². The molecule has 1 N–H and O–H groups in total. The van der Waals surface area contributed by atoms with Gasteiger partial charge in [0.15, 0.2) is 5.78 Å². The first-order valence-corrected chi connectivity index (χ1v) is 6.20. The van der Waals surface area contributed by atoms with E-state index in [4.69, 9.17) is 0 Å². The van der Waals surface area contributed by atoms with Gasteiger partial charge < -0.3 is 5.32 Å². The van der Waals surface area contributed by atoms with Crippen molar-refractivity contribution in [2.45, 2.75) is 26.9 Å². The maximum Gasteiger partial charge on any atom is 0.416 e. The topological polar surface area (TPSA) is 29.1 Å². The van der Waals surface area contributed by atoms with Crippen LogP contribution < -0.4 is 5.32 Å². The van der Waals surface area contributed by atoms with Gasteiger partial charge in [-0.25, -0.2) is 0 Å². The Balaban J connectivity index is 2.93. The van der Waals surface area contributed by atoms with Crippen molar-refractivity contribution in [2.75, 3.05) is 13.1 Å². The summed E-state index contributed by atoms with van der Waals surface area (Å²) in [6.45, 7) is 6.50. The lowest BCUT2D eigenvalue weighted by Gasteiger charge is -2.14. The molecule has 0 fully saturated rings. The number of carbonyl (C=O) groups excluding carboxylic acids is 1. The van der Waals surface area contributed by atoms with Crippen molar-refractivity contribution in [1.82, 2.24) is 5.32 Å². The molecule has 0 saturated heterocycles. The van der Waals surface area contributed by atoms with Gasteiger partial charge in [-0.2, -0.15) is 13.2 Å². The quantitative estimate of drug-likeness (QED) is 0.833. The summed E-state index contributed by atoms with van der Waals surface area (Å²) in [7, 11) is 0. The highest BCUT2D eigenvalue weighted by Gasteiger charge is 2.31. The van der Waals surface area contributed by atoms with Crippen LogP contribution >= 0.6 is 0 Å². The summed E-state index contributed by atoms with van der Waals surface area (Å²) in [6, 6.07) is 3.25. The number of hydrogen-bond acceptors (Lipinski definition) is 2. The third-order valence-corrected chi connectivity index (χ3v) is 2.97. The Morgan fingerprint density at radius 3 is 2.47 bits per heavy atom. The first-order valence-electron chi connectivity index (χ1n) is 6.20. The van der Waals surface area contributed by atoms with Gasteiger partial charge in [-0.3, -0.25) is 4.79 Å². The minimum atomic E-state index is -4.37. The summed E-state index contributed by atoms with van der Waals surface area (Å²) in [6.07, 6.45) is -4.37. The number of halogens is 3. The third kappa shape index (κ3) is 4.06.